The Morgan fingerprint density at radius 3 is 2.63 bits per heavy atom. The van der Waals surface area contributed by atoms with Crippen LogP contribution < -0.4 is 15.4 Å². The SMILES string of the molecule is Cc1ccccc1OCCNC(=O)c1sc(NC(=O)c2ccco2)cc1C. The van der Waals surface area contributed by atoms with Gasteiger partial charge in [-0.3, -0.25) is 9.59 Å². The van der Waals surface area contributed by atoms with E-state index < -0.39 is 0 Å². The van der Waals surface area contributed by atoms with Gasteiger partial charge in [0.05, 0.1) is 22.7 Å². The molecule has 6 nitrogen and oxygen atoms in total. The number of thiophene rings is 1. The van der Waals surface area contributed by atoms with E-state index in [0.29, 0.717) is 23.0 Å². The van der Waals surface area contributed by atoms with E-state index in [1.165, 1.54) is 17.6 Å². The van der Waals surface area contributed by atoms with Gasteiger partial charge in [0.1, 0.15) is 12.4 Å². The topological polar surface area (TPSA) is 80.6 Å². The molecule has 0 radical (unpaired) electrons. The smallest absolute Gasteiger partial charge is 0.291 e. The average Bonchev–Trinajstić information content (AvgIpc) is 3.30. The fourth-order valence-electron chi connectivity index (χ4n) is 2.47. The standard InChI is InChI=1S/C20H20N2O4S/c1-13-6-3-4-7-15(13)26-11-9-21-20(24)18-14(2)12-17(27-18)22-19(23)16-8-5-10-25-16/h3-8,10,12H,9,11H2,1-2H3,(H,21,24)(H,22,23). The normalized spacial score (nSPS) is 10.4. The van der Waals surface area contributed by atoms with Gasteiger partial charge in [0, 0.05) is 0 Å². The zero-order chi connectivity index (χ0) is 19.2. The number of rotatable bonds is 7. The minimum Gasteiger partial charge on any atom is -0.491 e. The van der Waals surface area contributed by atoms with Gasteiger partial charge < -0.3 is 19.8 Å². The number of ether oxygens (including phenoxy) is 1. The fraction of sp³-hybridized carbons (Fsp3) is 0.200. The van der Waals surface area contributed by atoms with Crippen molar-refractivity contribution < 1.29 is 18.7 Å². The Bertz CT molecular complexity index is 931. The molecular formula is C20H20N2O4S. The maximum Gasteiger partial charge on any atom is 0.291 e. The third-order valence-corrected chi connectivity index (χ3v) is 5.00. The Balaban J connectivity index is 1.52. The Morgan fingerprint density at radius 1 is 1.07 bits per heavy atom. The van der Waals surface area contributed by atoms with Crippen molar-refractivity contribution in [3.05, 3.63) is 70.5 Å². The van der Waals surface area contributed by atoms with Gasteiger partial charge >= 0.3 is 0 Å². The summed E-state index contributed by atoms with van der Waals surface area (Å²) in [4.78, 5) is 25.0. The molecule has 7 heteroatoms. The minimum atomic E-state index is -0.347. The van der Waals surface area contributed by atoms with Crippen molar-refractivity contribution in [1.29, 1.82) is 0 Å². The van der Waals surface area contributed by atoms with Crippen LogP contribution in [0.3, 0.4) is 0 Å². The summed E-state index contributed by atoms with van der Waals surface area (Å²) >= 11 is 1.22. The molecule has 2 aromatic heterocycles. The summed E-state index contributed by atoms with van der Waals surface area (Å²) in [6.07, 6.45) is 1.44. The number of carbonyl (C=O) groups is 2. The van der Waals surface area contributed by atoms with Crippen LogP contribution >= 0.6 is 11.3 Å². The fourth-order valence-corrected chi connectivity index (χ4v) is 3.46. The van der Waals surface area contributed by atoms with Gasteiger partial charge in [-0.15, -0.1) is 11.3 Å². The predicted molar refractivity (Wildman–Crippen MR) is 105 cm³/mol. The van der Waals surface area contributed by atoms with Crippen LogP contribution in [-0.4, -0.2) is 25.0 Å². The summed E-state index contributed by atoms with van der Waals surface area (Å²) in [5, 5.41) is 6.17. The van der Waals surface area contributed by atoms with Crippen LogP contribution in [0.1, 0.15) is 31.4 Å². The second-order valence-corrected chi connectivity index (χ2v) is 6.98. The maximum atomic E-state index is 12.4. The first kappa shape index (κ1) is 18.7. The van der Waals surface area contributed by atoms with Gasteiger partial charge in [-0.25, -0.2) is 0 Å². The number of aryl methyl sites for hydroxylation is 2. The van der Waals surface area contributed by atoms with Crippen LogP contribution in [0.15, 0.2) is 53.1 Å². The molecule has 0 aliphatic rings. The Labute approximate surface area is 161 Å². The number of carbonyl (C=O) groups excluding carboxylic acids is 2. The van der Waals surface area contributed by atoms with Crippen LogP contribution in [0.25, 0.3) is 0 Å². The lowest BCUT2D eigenvalue weighted by atomic mass is 10.2. The second kappa shape index (κ2) is 8.55. The second-order valence-electron chi connectivity index (χ2n) is 5.92. The molecule has 27 heavy (non-hydrogen) atoms. The van der Waals surface area contributed by atoms with Gasteiger partial charge in [-0.2, -0.15) is 0 Å². The van der Waals surface area contributed by atoms with Crippen molar-refractivity contribution in [3.63, 3.8) is 0 Å². The quantitative estimate of drug-likeness (QED) is 0.603. The lowest BCUT2D eigenvalue weighted by Crippen LogP contribution is -2.27. The molecule has 1 aromatic carbocycles. The van der Waals surface area contributed by atoms with Gasteiger partial charge in [-0.05, 0) is 49.2 Å². The molecule has 0 unspecified atom stereocenters. The van der Waals surface area contributed by atoms with Crippen LogP contribution in [0, 0.1) is 13.8 Å². The van der Waals surface area contributed by atoms with E-state index in [4.69, 9.17) is 9.15 Å². The summed E-state index contributed by atoms with van der Waals surface area (Å²) in [7, 11) is 0. The monoisotopic (exact) mass is 384 g/mol. The van der Waals surface area contributed by atoms with Crippen molar-refractivity contribution in [1.82, 2.24) is 5.32 Å². The number of nitrogens with one attached hydrogen (secondary N) is 2. The molecule has 2 heterocycles. The van der Waals surface area contributed by atoms with Crippen LogP contribution in [0.5, 0.6) is 5.75 Å². The minimum absolute atomic E-state index is 0.190. The lowest BCUT2D eigenvalue weighted by Gasteiger charge is -2.09. The van der Waals surface area contributed by atoms with Crippen molar-refractivity contribution in [2.75, 3.05) is 18.5 Å². The first-order valence-corrected chi connectivity index (χ1v) is 9.28. The molecule has 0 saturated carbocycles. The third-order valence-electron chi connectivity index (χ3n) is 3.84. The molecule has 0 fully saturated rings. The van der Waals surface area contributed by atoms with E-state index >= 15 is 0 Å². The van der Waals surface area contributed by atoms with Gasteiger partial charge in [0.25, 0.3) is 11.8 Å². The Kier molecular flexibility index (Phi) is 5.93. The highest BCUT2D eigenvalue weighted by atomic mass is 32.1. The van der Waals surface area contributed by atoms with Gasteiger partial charge in [0.2, 0.25) is 0 Å². The highest BCUT2D eigenvalue weighted by Crippen LogP contribution is 2.27. The maximum absolute atomic E-state index is 12.4. The van der Waals surface area contributed by atoms with E-state index in [0.717, 1.165) is 16.9 Å². The molecule has 140 valence electrons. The molecule has 0 aliphatic carbocycles. The van der Waals surface area contributed by atoms with Crippen LogP contribution in [0.2, 0.25) is 0 Å². The zero-order valence-corrected chi connectivity index (χ0v) is 15.9. The number of hydrogen-bond acceptors (Lipinski definition) is 5. The number of furan rings is 1. The number of para-hydroxylation sites is 1. The van der Waals surface area contributed by atoms with Crippen molar-refractivity contribution >= 4 is 28.2 Å². The van der Waals surface area contributed by atoms with Crippen molar-refractivity contribution in [3.8, 4) is 5.75 Å². The van der Waals surface area contributed by atoms with E-state index in [1.807, 2.05) is 38.1 Å². The Hall–Kier alpha value is -3.06. The molecule has 3 rings (SSSR count). The number of benzene rings is 1. The molecular weight excluding hydrogens is 364 g/mol. The van der Waals surface area contributed by atoms with E-state index in [2.05, 4.69) is 10.6 Å². The molecule has 0 bridgehead atoms. The lowest BCUT2D eigenvalue weighted by molar-refractivity contribution is 0.0949. The summed E-state index contributed by atoms with van der Waals surface area (Å²) in [6.45, 7) is 4.57. The van der Waals surface area contributed by atoms with E-state index in [9.17, 15) is 9.59 Å². The van der Waals surface area contributed by atoms with Gasteiger partial charge in [-0.1, -0.05) is 18.2 Å². The molecule has 2 N–H and O–H groups in total. The molecule has 0 aliphatic heterocycles. The first-order chi connectivity index (χ1) is 13.0. The Morgan fingerprint density at radius 2 is 1.89 bits per heavy atom. The highest BCUT2D eigenvalue weighted by Gasteiger charge is 2.16. The molecule has 3 aromatic rings. The number of hydrogen-bond donors (Lipinski definition) is 2. The summed E-state index contributed by atoms with van der Waals surface area (Å²) in [5.41, 5.74) is 1.85. The predicted octanol–water partition coefficient (Wildman–Crippen LogP) is 4.02. The molecule has 0 spiro atoms. The summed E-state index contributed by atoms with van der Waals surface area (Å²) in [6, 6.07) is 12.7. The largest absolute Gasteiger partial charge is 0.491 e. The van der Waals surface area contributed by atoms with Crippen molar-refractivity contribution in [2.45, 2.75) is 13.8 Å². The van der Waals surface area contributed by atoms with Crippen molar-refractivity contribution in [2.24, 2.45) is 0 Å². The highest BCUT2D eigenvalue weighted by molar-refractivity contribution is 7.18. The zero-order valence-electron chi connectivity index (χ0n) is 15.1. The molecule has 0 saturated heterocycles. The van der Waals surface area contributed by atoms with E-state index in [1.54, 1.807) is 18.2 Å². The third kappa shape index (κ3) is 4.77. The van der Waals surface area contributed by atoms with E-state index in [-0.39, 0.29) is 17.6 Å². The molecule has 0 atom stereocenters. The summed E-state index contributed by atoms with van der Waals surface area (Å²) < 4.78 is 10.7. The van der Waals surface area contributed by atoms with Crippen LogP contribution in [0.4, 0.5) is 5.00 Å². The summed E-state index contributed by atoms with van der Waals surface area (Å²) in [5.74, 6) is 0.492. The number of anilines is 1. The van der Waals surface area contributed by atoms with Crippen LogP contribution in [-0.2, 0) is 0 Å². The first-order valence-electron chi connectivity index (χ1n) is 8.46. The van der Waals surface area contributed by atoms with Gasteiger partial charge in [0.15, 0.2) is 5.76 Å². The number of amides is 2. The molecule has 2 amide bonds. The average molecular weight is 384 g/mol.